The van der Waals surface area contributed by atoms with E-state index in [-0.39, 0.29) is 6.04 Å². The van der Waals surface area contributed by atoms with Gasteiger partial charge >= 0.3 is 0 Å². The van der Waals surface area contributed by atoms with Crippen LogP contribution in [-0.4, -0.2) is 10.7 Å². The van der Waals surface area contributed by atoms with Gasteiger partial charge in [-0.25, -0.2) is 5.01 Å². The van der Waals surface area contributed by atoms with E-state index >= 15 is 0 Å². The highest BCUT2D eigenvalue weighted by atomic mass is 35.5. The molecule has 0 amide bonds. The van der Waals surface area contributed by atoms with Crippen LogP contribution in [0.2, 0.25) is 15.1 Å². The molecular formula is C20H13Cl3N2OS. The summed E-state index contributed by atoms with van der Waals surface area (Å²) in [5, 5.41) is 10.7. The van der Waals surface area contributed by atoms with Crippen molar-refractivity contribution in [3.63, 3.8) is 0 Å². The van der Waals surface area contributed by atoms with E-state index < -0.39 is 6.23 Å². The zero-order valence-electron chi connectivity index (χ0n) is 13.9. The van der Waals surface area contributed by atoms with Gasteiger partial charge in [0.15, 0.2) is 0 Å². The third kappa shape index (κ3) is 3.01. The lowest BCUT2D eigenvalue weighted by molar-refractivity contribution is -0.0189. The van der Waals surface area contributed by atoms with Gasteiger partial charge in [0.2, 0.25) is 6.23 Å². The fourth-order valence-corrected chi connectivity index (χ4v) is 5.06. The number of hydrazone groups is 1. The predicted molar refractivity (Wildman–Crippen MR) is 111 cm³/mol. The van der Waals surface area contributed by atoms with Crippen molar-refractivity contribution in [1.82, 2.24) is 5.01 Å². The van der Waals surface area contributed by atoms with E-state index in [1.807, 2.05) is 41.4 Å². The summed E-state index contributed by atoms with van der Waals surface area (Å²) in [6.45, 7) is 0. The third-order valence-electron chi connectivity index (χ3n) is 4.75. The second kappa shape index (κ2) is 6.71. The Morgan fingerprint density at radius 1 is 1.04 bits per heavy atom. The van der Waals surface area contributed by atoms with Crippen molar-refractivity contribution in [1.29, 1.82) is 0 Å². The van der Waals surface area contributed by atoms with Crippen molar-refractivity contribution in [2.45, 2.75) is 18.7 Å². The Morgan fingerprint density at radius 2 is 1.93 bits per heavy atom. The van der Waals surface area contributed by atoms with Crippen molar-refractivity contribution in [3.8, 4) is 5.75 Å². The van der Waals surface area contributed by atoms with Crippen LogP contribution in [-0.2, 0) is 0 Å². The molecule has 0 fully saturated rings. The normalized spacial score (nSPS) is 20.7. The first-order valence-corrected chi connectivity index (χ1v) is 10.4. The van der Waals surface area contributed by atoms with E-state index in [0.29, 0.717) is 20.8 Å². The van der Waals surface area contributed by atoms with Gasteiger partial charge in [-0.2, -0.15) is 5.10 Å². The second-order valence-electron chi connectivity index (χ2n) is 6.46. The summed E-state index contributed by atoms with van der Waals surface area (Å²) in [6, 6.07) is 15.4. The Bertz CT molecular complexity index is 1050. The fraction of sp³-hybridized carbons (Fsp3) is 0.150. The van der Waals surface area contributed by atoms with E-state index in [1.165, 1.54) is 0 Å². The van der Waals surface area contributed by atoms with Crippen LogP contribution in [0.3, 0.4) is 0 Å². The van der Waals surface area contributed by atoms with Gasteiger partial charge in [0.25, 0.3) is 0 Å². The van der Waals surface area contributed by atoms with Gasteiger partial charge in [0.1, 0.15) is 5.75 Å². The predicted octanol–water partition coefficient (Wildman–Crippen LogP) is 6.95. The van der Waals surface area contributed by atoms with Gasteiger partial charge in [-0.3, -0.25) is 0 Å². The standard InChI is InChI=1S/C20H13Cl3N2OS/c21-12-4-1-3-11(7-12)20-25-17(10-16(24-25)18-5-2-6-27-18)14-8-13(22)9-15(23)19(14)26-20/h1-9,17,20H,10H2/t17-,20+/m1/s1. The van der Waals surface area contributed by atoms with Crippen LogP contribution in [0.15, 0.2) is 59.0 Å². The molecule has 0 aliphatic carbocycles. The number of ether oxygens (including phenoxy) is 1. The molecule has 0 unspecified atom stereocenters. The average Bonchev–Trinajstić information content (AvgIpc) is 3.31. The van der Waals surface area contributed by atoms with E-state index in [1.54, 1.807) is 17.4 Å². The third-order valence-corrected chi connectivity index (χ3v) is 6.40. The molecule has 2 atom stereocenters. The largest absolute Gasteiger partial charge is 0.463 e. The summed E-state index contributed by atoms with van der Waals surface area (Å²) in [7, 11) is 0. The van der Waals surface area contributed by atoms with E-state index in [4.69, 9.17) is 44.6 Å². The molecule has 0 N–H and O–H groups in total. The molecule has 3 heterocycles. The SMILES string of the molecule is Clc1cccc([C@@H]2Oc3c(Cl)cc(Cl)cc3[C@H]3CC(c4cccs4)=NN32)c1. The molecule has 0 spiro atoms. The first-order chi connectivity index (χ1) is 13.1. The van der Waals surface area contributed by atoms with Gasteiger partial charge in [0.05, 0.1) is 21.7 Å². The molecule has 5 rings (SSSR count). The van der Waals surface area contributed by atoms with Crippen molar-refractivity contribution in [2.24, 2.45) is 5.10 Å². The molecule has 27 heavy (non-hydrogen) atoms. The lowest BCUT2D eigenvalue weighted by atomic mass is 9.97. The lowest BCUT2D eigenvalue weighted by Gasteiger charge is -2.38. The van der Waals surface area contributed by atoms with E-state index in [9.17, 15) is 0 Å². The van der Waals surface area contributed by atoms with Crippen LogP contribution in [0, 0.1) is 0 Å². The highest BCUT2D eigenvalue weighted by molar-refractivity contribution is 7.12. The minimum atomic E-state index is -0.405. The lowest BCUT2D eigenvalue weighted by Crippen LogP contribution is -2.33. The Balaban J connectivity index is 1.65. The monoisotopic (exact) mass is 434 g/mol. The molecule has 1 aromatic heterocycles. The van der Waals surface area contributed by atoms with Crippen molar-refractivity contribution in [3.05, 3.63) is 85.0 Å². The van der Waals surface area contributed by atoms with Crippen LogP contribution < -0.4 is 4.74 Å². The molecule has 0 radical (unpaired) electrons. The summed E-state index contributed by atoms with van der Waals surface area (Å²) < 4.78 is 6.31. The first kappa shape index (κ1) is 17.4. The molecule has 0 saturated heterocycles. The molecule has 2 aliphatic heterocycles. The Labute approximate surface area is 175 Å². The summed E-state index contributed by atoms with van der Waals surface area (Å²) >= 11 is 20.6. The second-order valence-corrected chi connectivity index (χ2v) is 8.68. The summed E-state index contributed by atoms with van der Waals surface area (Å²) in [5.41, 5.74) is 2.93. The number of halogens is 3. The molecule has 2 aromatic carbocycles. The number of hydrogen-bond acceptors (Lipinski definition) is 4. The van der Waals surface area contributed by atoms with Crippen LogP contribution in [0.4, 0.5) is 0 Å². The Morgan fingerprint density at radius 3 is 2.70 bits per heavy atom. The maximum Gasteiger partial charge on any atom is 0.214 e. The van der Waals surface area contributed by atoms with Crippen molar-refractivity contribution < 1.29 is 4.74 Å². The fourth-order valence-electron chi connectivity index (χ4n) is 3.59. The maximum atomic E-state index is 6.47. The molecular weight excluding hydrogens is 423 g/mol. The average molecular weight is 436 g/mol. The molecule has 3 nitrogen and oxygen atoms in total. The minimum Gasteiger partial charge on any atom is -0.463 e. The van der Waals surface area contributed by atoms with Gasteiger partial charge in [-0.05, 0) is 35.7 Å². The van der Waals surface area contributed by atoms with Crippen LogP contribution in [0.5, 0.6) is 5.75 Å². The first-order valence-electron chi connectivity index (χ1n) is 8.41. The van der Waals surface area contributed by atoms with E-state index in [0.717, 1.165) is 28.1 Å². The Kier molecular flexibility index (Phi) is 4.32. The number of hydrogen-bond donors (Lipinski definition) is 0. The number of benzene rings is 2. The van der Waals surface area contributed by atoms with Crippen LogP contribution in [0.1, 0.15) is 34.7 Å². The van der Waals surface area contributed by atoms with Crippen molar-refractivity contribution >= 4 is 51.9 Å². The summed E-state index contributed by atoms with van der Waals surface area (Å²) in [4.78, 5) is 1.16. The summed E-state index contributed by atoms with van der Waals surface area (Å²) in [6.07, 6.45) is 0.363. The molecule has 0 bridgehead atoms. The number of rotatable bonds is 2. The Hall–Kier alpha value is -1.72. The molecule has 2 aliphatic rings. The van der Waals surface area contributed by atoms with Gasteiger partial charge in [-0.1, -0.05) is 53.0 Å². The smallest absolute Gasteiger partial charge is 0.214 e. The quantitative estimate of drug-likeness (QED) is 0.435. The number of thiophene rings is 1. The van der Waals surface area contributed by atoms with Gasteiger partial charge < -0.3 is 4.74 Å². The zero-order chi connectivity index (χ0) is 18.5. The highest BCUT2D eigenvalue weighted by Crippen LogP contribution is 2.51. The van der Waals surface area contributed by atoms with Gasteiger partial charge in [0, 0.05) is 27.6 Å². The van der Waals surface area contributed by atoms with Crippen LogP contribution in [0.25, 0.3) is 0 Å². The molecule has 0 saturated carbocycles. The zero-order valence-corrected chi connectivity index (χ0v) is 17.0. The highest BCUT2D eigenvalue weighted by Gasteiger charge is 2.42. The van der Waals surface area contributed by atoms with Gasteiger partial charge in [-0.15, -0.1) is 11.3 Å². The molecule has 7 heteroatoms. The number of fused-ring (bicyclic) bond motifs is 3. The molecule has 3 aromatic rings. The summed E-state index contributed by atoms with van der Waals surface area (Å²) in [5.74, 6) is 0.662. The topological polar surface area (TPSA) is 24.8 Å². The maximum absolute atomic E-state index is 6.47. The molecule has 136 valence electrons. The van der Waals surface area contributed by atoms with E-state index in [2.05, 4.69) is 11.4 Å². The van der Waals surface area contributed by atoms with Crippen LogP contribution >= 0.6 is 46.1 Å². The number of nitrogens with zero attached hydrogens (tertiary/aromatic N) is 2. The van der Waals surface area contributed by atoms with Crippen molar-refractivity contribution in [2.75, 3.05) is 0 Å². The minimum absolute atomic E-state index is 0.00558.